The number of nitrogens with one attached hydrogen (secondary N) is 1. The van der Waals surface area contributed by atoms with E-state index >= 15 is 0 Å². The molecule has 0 saturated heterocycles. The van der Waals surface area contributed by atoms with Crippen molar-refractivity contribution in [2.24, 2.45) is 0 Å². The summed E-state index contributed by atoms with van der Waals surface area (Å²) >= 11 is 0. The molecule has 12 heteroatoms. The summed E-state index contributed by atoms with van der Waals surface area (Å²) in [7, 11) is -4.27. The lowest BCUT2D eigenvalue weighted by molar-refractivity contribution is -0.605. The van der Waals surface area contributed by atoms with Crippen molar-refractivity contribution in [2.75, 3.05) is 6.54 Å². The quantitative estimate of drug-likeness (QED) is 0.192. The lowest BCUT2D eigenvalue weighted by Gasteiger charge is -2.19. The third-order valence-corrected chi connectivity index (χ3v) is 7.29. The fourth-order valence-electron chi connectivity index (χ4n) is 4.35. The van der Waals surface area contributed by atoms with Gasteiger partial charge in [-0.1, -0.05) is 17.7 Å². The number of carbonyl (C=O) groups excluding carboxylic acids is 2. The third-order valence-electron chi connectivity index (χ3n) is 6.04. The molecule has 202 valence electrons. The molecule has 5 rings (SSSR count). The Balaban J connectivity index is 1.57. The lowest BCUT2D eigenvalue weighted by atomic mass is 9.88. The Morgan fingerprint density at radius 2 is 1.82 bits per heavy atom. The SMILES string of the molecule is Cc1ccc(S(=O)(=O)Oc2ccc3c4c(nn3CCNC(=O)OC(C)(C)C)-c3cc[n+]([O-])cc3C(=O)c24)cc1. The molecule has 0 radical (unpaired) electrons. The van der Waals surface area contributed by atoms with Crippen LogP contribution in [0, 0.1) is 12.1 Å². The number of ether oxygens (including phenoxy) is 1. The smallest absolute Gasteiger partial charge is 0.407 e. The van der Waals surface area contributed by atoms with Crippen LogP contribution in [-0.2, 0) is 21.4 Å². The summed E-state index contributed by atoms with van der Waals surface area (Å²) in [5.74, 6) is -0.735. The van der Waals surface area contributed by atoms with Gasteiger partial charge in [0.05, 0.1) is 23.2 Å². The molecule has 39 heavy (non-hydrogen) atoms. The minimum atomic E-state index is -4.27. The van der Waals surface area contributed by atoms with Gasteiger partial charge in [0.1, 0.15) is 16.2 Å². The Morgan fingerprint density at radius 3 is 2.51 bits per heavy atom. The molecule has 0 saturated carbocycles. The largest absolute Gasteiger partial charge is 0.619 e. The molecule has 1 aliphatic rings. The van der Waals surface area contributed by atoms with Crippen LogP contribution in [0.4, 0.5) is 4.79 Å². The predicted octanol–water partition coefficient (Wildman–Crippen LogP) is 3.48. The number of ketones is 1. The molecule has 1 aliphatic carbocycles. The van der Waals surface area contributed by atoms with Crippen LogP contribution in [0.5, 0.6) is 5.75 Å². The van der Waals surface area contributed by atoms with Crippen LogP contribution in [0.25, 0.3) is 22.2 Å². The third kappa shape index (κ3) is 5.02. The zero-order valence-corrected chi connectivity index (χ0v) is 22.5. The van der Waals surface area contributed by atoms with E-state index in [1.54, 1.807) is 43.7 Å². The van der Waals surface area contributed by atoms with Crippen molar-refractivity contribution in [3.05, 3.63) is 76.8 Å². The first-order valence-electron chi connectivity index (χ1n) is 12.1. The van der Waals surface area contributed by atoms with E-state index in [2.05, 4.69) is 10.4 Å². The van der Waals surface area contributed by atoms with Gasteiger partial charge in [-0.2, -0.15) is 18.2 Å². The normalized spacial score (nSPS) is 12.8. The van der Waals surface area contributed by atoms with E-state index in [-0.39, 0.29) is 34.9 Å². The van der Waals surface area contributed by atoms with Gasteiger partial charge >= 0.3 is 16.2 Å². The lowest BCUT2D eigenvalue weighted by Crippen LogP contribution is -2.34. The molecular weight excluding hydrogens is 524 g/mol. The van der Waals surface area contributed by atoms with E-state index in [0.717, 1.165) is 11.8 Å². The number of aromatic nitrogens is 3. The van der Waals surface area contributed by atoms with Crippen LogP contribution in [0.3, 0.4) is 0 Å². The topological polar surface area (TPSA) is 144 Å². The number of rotatable bonds is 6. The summed E-state index contributed by atoms with van der Waals surface area (Å²) in [5, 5.41) is 19.8. The molecule has 4 aromatic rings. The molecule has 1 N–H and O–H groups in total. The van der Waals surface area contributed by atoms with Gasteiger partial charge in [-0.15, -0.1) is 0 Å². The van der Waals surface area contributed by atoms with Crippen molar-refractivity contribution in [1.29, 1.82) is 0 Å². The van der Waals surface area contributed by atoms with Crippen molar-refractivity contribution in [2.45, 2.75) is 44.7 Å². The number of fused-ring (bicyclic) bond motifs is 2. The Bertz CT molecular complexity index is 1740. The molecule has 2 aromatic heterocycles. The van der Waals surface area contributed by atoms with Crippen molar-refractivity contribution in [3.8, 4) is 17.0 Å². The molecular formula is C27H26N4O7S. The standard InChI is InChI=1S/C27H26N4O7S/c1-16-5-7-17(8-6-16)39(35,36)38-21-10-9-20-22-23(21)25(32)19-15-30(34)13-11-18(19)24(22)29-31(20)14-12-28-26(33)37-27(2,3)4/h5-11,13,15H,12,14H2,1-4H3,(H,28,33). The maximum absolute atomic E-state index is 13.6. The fourth-order valence-corrected chi connectivity index (χ4v) is 5.30. The molecule has 0 aliphatic heterocycles. The minimum Gasteiger partial charge on any atom is -0.619 e. The first kappa shape index (κ1) is 26.2. The van der Waals surface area contributed by atoms with Gasteiger partial charge in [0.25, 0.3) is 0 Å². The number of aryl methyl sites for hydroxylation is 1. The predicted molar refractivity (Wildman–Crippen MR) is 141 cm³/mol. The highest BCUT2D eigenvalue weighted by Gasteiger charge is 2.35. The van der Waals surface area contributed by atoms with E-state index < -0.39 is 27.6 Å². The van der Waals surface area contributed by atoms with Crippen LogP contribution in [0.15, 0.2) is 59.8 Å². The summed E-state index contributed by atoms with van der Waals surface area (Å²) in [4.78, 5) is 25.7. The highest BCUT2D eigenvalue weighted by atomic mass is 32.2. The maximum Gasteiger partial charge on any atom is 0.407 e. The molecule has 0 bridgehead atoms. The monoisotopic (exact) mass is 550 g/mol. The van der Waals surface area contributed by atoms with E-state index in [1.165, 1.54) is 30.5 Å². The van der Waals surface area contributed by atoms with E-state index in [0.29, 0.717) is 26.9 Å². The maximum atomic E-state index is 13.6. The second-order valence-electron chi connectivity index (χ2n) is 10.1. The van der Waals surface area contributed by atoms with Crippen molar-refractivity contribution in [3.63, 3.8) is 0 Å². The molecule has 2 heterocycles. The summed E-state index contributed by atoms with van der Waals surface area (Å²) in [5.41, 5.74) is 1.64. The zero-order chi connectivity index (χ0) is 28.1. The van der Waals surface area contributed by atoms with Gasteiger partial charge in [0, 0.05) is 23.6 Å². The van der Waals surface area contributed by atoms with Gasteiger partial charge in [-0.25, -0.2) is 4.79 Å². The summed E-state index contributed by atoms with van der Waals surface area (Å²) in [6, 6.07) is 10.6. The molecule has 0 atom stereocenters. The molecule has 0 unspecified atom stereocenters. The van der Waals surface area contributed by atoms with Crippen molar-refractivity contribution >= 4 is 32.9 Å². The molecule has 11 nitrogen and oxygen atoms in total. The number of amides is 1. The number of alkyl carbamates (subject to hydrolysis) is 1. The number of hydrogen-bond donors (Lipinski definition) is 1. The van der Waals surface area contributed by atoms with Crippen LogP contribution < -0.4 is 14.2 Å². The van der Waals surface area contributed by atoms with Crippen LogP contribution in [0.1, 0.15) is 42.3 Å². The number of hydrogen-bond acceptors (Lipinski definition) is 8. The fraction of sp³-hybridized carbons (Fsp3) is 0.259. The average Bonchev–Trinajstić information content (AvgIpc) is 3.20. The van der Waals surface area contributed by atoms with Gasteiger partial charge in [-0.3, -0.25) is 9.48 Å². The van der Waals surface area contributed by atoms with E-state index in [1.807, 2.05) is 6.92 Å². The zero-order valence-electron chi connectivity index (χ0n) is 21.7. The summed E-state index contributed by atoms with van der Waals surface area (Å²) < 4.78 is 39.0. The Morgan fingerprint density at radius 1 is 1.10 bits per heavy atom. The molecule has 0 spiro atoms. The number of pyridine rings is 1. The van der Waals surface area contributed by atoms with Crippen LogP contribution in [-0.4, -0.2) is 42.2 Å². The van der Waals surface area contributed by atoms with Gasteiger partial charge in [0.15, 0.2) is 18.1 Å². The van der Waals surface area contributed by atoms with Crippen molar-refractivity contribution in [1.82, 2.24) is 15.1 Å². The van der Waals surface area contributed by atoms with Crippen LogP contribution in [0.2, 0.25) is 0 Å². The van der Waals surface area contributed by atoms with Gasteiger partial charge in [-0.05, 0) is 52.0 Å². The minimum absolute atomic E-state index is 0.0109. The van der Waals surface area contributed by atoms with Gasteiger partial charge in [0.2, 0.25) is 5.78 Å². The first-order chi connectivity index (χ1) is 18.3. The molecule has 0 fully saturated rings. The van der Waals surface area contributed by atoms with Crippen LogP contribution >= 0.6 is 0 Å². The molecule has 1 amide bonds. The number of nitrogens with zero attached hydrogens (tertiary/aromatic N) is 3. The second-order valence-corrected chi connectivity index (χ2v) is 11.7. The Kier molecular flexibility index (Phi) is 6.30. The highest BCUT2D eigenvalue weighted by Crippen LogP contribution is 2.42. The Hall–Kier alpha value is -4.45. The summed E-state index contributed by atoms with van der Waals surface area (Å²) in [6.07, 6.45) is 1.80. The van der Waals surface area contributed by atoms with Crippen molar-refractivity contribution < 1.29 is 31.7 Å². The number of carbonyl (C=O) groups is 2. The van der Waals surface area contributed by atoms with Gasteiger partial charge < -0.3 is 19.4 Å². The average molecular weight is 551 g/mol. The molecule has 2 aromatic carbocycles. The Labute approximate surface area is 224 Å². The summed E-state index contributed by atoms with van der Waals surface area (Å²) in [6.45, 7) is 7.52. The highest BCUT2D eigenvalue weighted by molar-refractivity contribution is 7.87. The first-order valence-corrected chi connectivity index (χ1v) is 13.5. The van der Waals surface area contributed by atoms with E-state index in [4.69, 9.17) is 8.92 Å². The van der Waals surface area contributed by atoms with E-state index in [9.17, 15) is 23.2 Å². The number of benzene rings is 2. The second kappa shape index (κ2) is 9.38.